The molecule has 0 amide bonds. The van der Waals surface area contributed by atoms with E-state index in [2.05, 4.69) is 24.8 Å². The lowest BCUT2D eigenvalue weighted by molar-refractivity contribution is 0.117. The Bertz CT molecular complexity index is 244. The van der Waals surface area contributed by atoms with E-state index < -0.39 is 0 Å². The maximum atomic E-state index is 9.12. The van der Waals surface area contributed by atoms with Crippen LogP contribution in [0.4, 0.5) is 0 Å². The van der Waals surface area contributed by atoms with E-state index in [0.717, 1.165) is 6.42 Å². The van der Waals surface area contributed by atoms with Crippen molar-refractivity contribution >= 4 is 0 Å². The first-order valence-corrected chi connectivity index (χ1v) is 8.22. The third kappa shape index (κ3) is 7.74. The molecule has 0 saturated carbocycles. The predicted molar refractivity (Wildman–Crippen MR) is 83.4 cm³/mol. The van der Waals surface area contributed by atoms with Crippen molar-refractivity contribution < 1.29 is 5.11 Å². The molecule has 0 aliphatic carbocycles. The standard InChI is InChI=1S/C17H33NO/c1-16(2)10-6-4-3-5-8-13-18-14-9-7-11-17(18)12-15-19/h10,17,19H,3-9,11-15H2,1-2H3/t17-/m0/s1. The summed E-state index contributed by atoms with van der Waals surface area (Å²) in [6.45, 7) is 7.20. The molecule has 1 atom stereocenters. The van der Waals surface area contributed by atoms with Gasteiger partial charge in [0.2, 0.25) is 0 Å². The summed E-state index contributed by atoms with van der Waals surface area (Å²) < 4.78 is 0. The topological polar surface area (TPSA) is 23.5 Å². The first-order valence-electron chi connectivity index (χ1n) is 8.22. The lowest BCUT2D eigenvalue weighted by Crippen LogP contribution is -2.40. The maximum absolute atomic E-state index is 9.12. The molecule has 1 N–H and O–H groups in total. The second kappa shape index (κ2) is 10.4. The van der Waals surface area contributed by atoms with Crippen LogP contribution in [0, 0.1) is 0 Å². The fourth-order valence-electron chi connectivity index (χ4n) is 3.03. The molecule has 1 heterocycles. The number of allylic oxidation sites excluding steroid dienone is 2. The average Bonchev–Trinajstić information content (AvgIpc) is 2.39. The normalized spacial score (nSPS) is 20.5. The lowest BCUT2D eigenvalue weighted by atomic mass is 9.99. The Kier molecular flexibility index (Phi) is 9.19. The van der Waals surface area contributed by atoms with Gasteiger partial charge in [0.25, 0.3) is 0 Å². The molecule has 1 rings (SSSR count). The molecule has 0 bridgehead atoms. The van der Waals surface area contributed by atoms with E-state index in [1.54, 1.807) is 0 Å². The summed E-state index contributed by atoms with van der Waals surface area (Å²) in [7, 11) is 0. The number of piperidine rings is 1. The van der Waals surface area contributed by atoms with E-state index >= 15 is 0 Å². The van der Waals surface area contributed by atoms with Crippen LogP contribution in [0.25, 0.3) is 0 Å². The van der Waals surface area contributed by atoms with Gasteiger partial charge in [0.1, 0.15) is 0 Å². The molecule has 0 spiro atoms. The van der Waals surface area contributed by atoms with Crippen molar-refractivity contribution in [3.63, 3.8) is 0 Å². The van der Waals surface area contributed by atoms with Gasteiger partial charge in [0, 0.05) is 12.6 Å². The van der Waals surface area contributed by atoms with Crippen molar-refractivity contribution in [2.24, 2.45) is 0 Å². The smallest absolute Gasteiger partial charge is 0.0445 e. The van der Waals surface area contributed by atoms with E-state index in [1.807, 2.05) is 0 Å². The van der Waals surface area contributed by atoms with Gasteiger partial charge in [-0.2, -0.15) is 0 Å². The van der Waals surface area contributed by atoms with Gasteiger partial charge in [0.15, 0.2) is 0 Å². The van der Waals surface area contributed by atoms with Crippen molar-refractivity contribution in [3.8, 4) is 0 Å². The first-order chi connectivity index (χ1) is 9.24. The minimum atomic E-state index is 0.351. The Balaban J connectivity index is 2.05. The molecule has 0 aromatic heterocycles. The van der Waals surface area contributed by atoms with Crippen LogP contribution in [0.2, 0.25) is 0 Å². The van der Waals surface area contributed by atoms with Crippen LogP contribution < -0.4 is 0 Å². The third-order valence-corrected chi connectivity index (χ3v) is 4.16. The lowest BCUT2D eigenvalue weighted by Gasteiger charge is -2.35. The highest BCUT2D eigenvalue weighted by atomic mass is 16.3. The van der Waals surface area contributed by atoms with Gasteiger partial charge < -0.3 is 10.0 Å². The highest BCUT2D eigenvalue weighted by molar-refractivity contribution is 4.92. The molecule has 0 aromatic rings. The van der Waals surface area contributed by atoms with Gasteiger partial charge >= 0.3 is 0 Å². The Morgan fingerprint density at radius 3 is 2.68 bits per heavy atom. The van der Waals surface area contributed by atoms with Gasteiger partial charge in [0.05, 0.1) is 0 Å². The SMILES string of the molecule is CC(C)=CCCCCCCN1CCCC[C@H]1CCO. The maximum Gasteiger partial charge on any atom is 0.0445 e. The molecule has 1 aliphatic rings. The summed E-state index contributed by atoms with van der Waals surface area (Å²) in [4.78, 5) is 2.62. The Morgan fingerprint density at radius 2 is 1.95 bits per heavy atom. The number of hydrogen-bond donors (Lipinski definition) is 1. The predicted octanol–water partition coefficient (Wildman–Crippen LogP) is 4.14. The molecule has 2 nitrogen and oxygen atoms in total. The number of nitrogens with zero attached hydrogens (tertiary/aromatic N) is 1. The highest BCUT2D eigenvalue weighted by Gasteiger charge is 2.20. The summed E-state index contributed by atoms with van der Waals surface area (Å²) in [5.74, 6) is 0. The summed E-state index contributed by atoms with van der Waals surface area (Å²) in [6.07, 6.45) is 14.0. The monoisotopic (exact) mass is 267 g/mol. The molecule has 0 aromatic carbocycles. The van der Waals surface area contributed by atoms with E-state index in [-0.39, 0.29) is 0 Å². The van der Waals surface area contributed by atoms with Gasteiger partial charge in [-0.05, 0) is 65.5 Å². The second-order valence-electron chi connectivity index (χ2n) is 6.18. The van der Waals surface area contributed by atoms with E-state index in [4.69, 9.17) is 5.11 Å². The molecule has 1 fully saturated rings. The first kappa shape index (κ1) is 16.7. The zero-order valence-electron chi connectivity index (χ0n) is 13.0. The molecular formula is C17H33NO. The molecule has 1 aliphatic heterocycles. The van der Waals surface area contributed by atoms with Gasteiger partial charge in [-0.15, -0.1) is 0 Å². The number of hydrogen-bond acceptors (Lipinski definition) is 2. The summed E-state index contributed by atoms with van der Waals surface area (Å²) in [5, 5.41) is 9.12. The molecule has 2 heteroatoms. The van der Waals surface area contributed by atoms with E-state index in [1.165, 1.54) is 70.0 Å². The molecule has 1 saturated heterocycles. The summed E-state index contributed by atoms with van der Waals surface area (Å²) >= 11 is 0. The number of rotatable bonds is 9. The van der Waals surface area contributed by atoms with Crippen molar-refractivity contribution in [1.82, 2.24) is 4.90 Å². The van der Waals surface area contributed by atoms with Crippen LogP contribution in [-0.4, -0.2) is 35.7 Å². The zero-order valence-corrected chi connectivity index (χ0v) is 13.0. The van der Waals surface area contributed by atoms with Crippen LogP contribution in [0.5, 0.6) is 0 Å². The highest BCUT2D eigenvalue weighted by Crippen LogP contribution is 2.20. The Hall–Kier alpha value is -0.340. The molecular weight excluding hydrogens is 234 g/mol. The van der Waals surface area contributed by atoms with E-state index in [9.17, 15) is 0 Å². The van der Waals surface area contributed by atoms with Crippen LogP contribution in [0.15, 0.2) is 11.6 Å². The average molecular weight is 267 g/mol. The molecule has 0 radical (unpaired) electrons. The van der Waals surface area contributed by atoms with Crippen LogP contribution in [0.1, 0.15) is 71.6 Å². The number of unbranched alkanes of at least 4 members (excludes halogenated alkanes) is 4. The number of aliphatic hydroxyl groups is 1. The quantitative estimate of drug-likeness (QED) is 0.501. The van der Waals surface area contributed by atoms with Crippen molar-refractivity contribution in [1.29, 1.82) is 0 Å². The van der Waals surface area contributed by atoms with Crippen LogP contribution >= 0.6 is 0 Å². The van der Waals surface area contributed by atoms with Gasteiger partial charge in [-0.25, -0.2) is 0 Å². The van der Waals surface area contributed by atoms with Crippen molar-refractivity contribution in [2.45, 2.75) is 77.7 Å². The summed E-state index contributed by atoms with van der Waals surface area (Å²) in [5.41, 5.74) is 1.44. The number of aliphatic hydroxyl groups excluding tert-OH is 1. The Morgan fingerprint density at radius 1 is 1.16 bits per heavy atom. The van der Waals surface area contributed by atoms with Gasteiger partial charge in [-0.3, -0.25) is 0 Å². The summed E-state index contributed by atoms with van der Waals surface area (Å²) in [6, 6.07) is 0.657. The molecule has 112 valence electrons. The molecule has 0 unspecified atom stereocenters. The van der Waals surface area contributed by atoms with E-state index in [0.29, 0.717) is 12.6 Å². The van der Waals surface area contributed by atoms with Crippen LogP contribution in [0.3, 0.4) is 0 Å². The fourth-order valence-corrected chi connectivity index (χ4v) is 3.03. The van der Waals surface area contributed by atoms with Gasteiger partial charge in [-0.1, -0.05) is 30.9 Å². The third-order valence-electron chi connectivity index (χ3n) is 4.16. The fraction of sp³-hybridized carbons (Fsp3) is 0.882. The zero-order chi connectivity index (χ0) is 13.9. The number of likely N-dealkylation sites (tertiary alicyclic amines) is 1. The second-order valence-corrected chi connectivity index (χ2v) is 6.18. The van der Waals surface area contributed by atoms with Crippen molar-refractivity contribution in [2.75, 3.05) is 19.7 Å². The van der Waals surface area contributed by atoms with Crippen molar-refractivity contribution in [3.05, 3.63) is 11.6 Å². The Labute approximate surface area is 119 Å². The minimum Gasteiger partial charge on any atom is -0.396 e. The minimum absolute atomic E-state index is 0.351. The molecule has 19 heavy (non-hydrogen) atoms. The van der Waals surface area contributed by atoms with Crippen LogP contribution in [-0.2, 0) is 0 Å². The largest absolute Gasteiger partial charge is 0.396 e.